The van der Waals surface area contributed by atoms with E-state index in [2.05, 4.69) is 4.90 Å². The van der Waals surface area contributed by atoms with Crippen molar-refractivity contribution in [2.75, 3.05) is 19.6 Å². The minimum absolute atomic E-state index is 0.291. The zero-order chi connectivity index (χ0) is 13.1. The van der Waals surface area contributed by atoms with Gasteiger partial charge in [-0.05, 0) is 37.6 Å². The van der Waals surface area contributed by atoms with E-state index >= 15 is 0 Å². The first kappa shape index (κ1) is 14.1. The lowest BCUT2D eigenvalue weighted by atomic mass is 10.1. The number of hydrogen-bond donors (Lipinski definition) is 2. The Kier molecular flexibility index (Phi) is 4.87. The topological polar surface area (TPSA) is 43.7 Å². The molecule has 5 heteroatoms. The van der Waals surface area contributed by atoms with Crippen LogP contribution in [0.4, 0.5) is 0 Å². The fourth-order valence-electron chi connectivity index (χ4n) is 2.31. The highest BCUT2D eigenvalue weighted by Crippen LogP contribution is 2.27. The van der Waals surface area contributed by atoms with Gasteiger partial charge in [0.2, 0.25) is 0 Å². The highest BCUT2D eigenvalue weighted by molar-refractivity contribution is 6.33. The van der Waals surface area contributed by atoms with Crippen molar-refractivity contribution in [3.8, 4) is 0 Å². The normalized spacial score (nSPS) is 23.0. The molecule has 0 unspecified atom stereocenters. The average Bonchev–Trinajstić information content (AvgIpc) is 2.32. The van der Waals surface area contributed by atoms with Crippen molar-refractivity contribution in [3.05, 3.63) is 33.8 Å². The summed E-state index contributed by atoms with van der Waals surface area (Å²) < 4.78 is 0. The van der Waals surface area contributed by atoms with E-state index in [1.807, 2.05) is 0 Å². The molecule has 1 saturated heterocycles. The maximum atomic E-state index is 10.2. The molecule has 0 radical (unpaired) electrons. The van der Waals surface area contributed by atoms with Crippen molar-refractivity contribution < 1.29 is 10.2 Å². The Morgan fingerprint density at radius 2 is 2.17 bits per heavy atom. The molecule has 18 heavy (non-hydrogen) atoms. The number of β-amino-alcohol motifs (C(OH)–C–C–N with tert-alkyl or cyclic N) is 2. The Morgan fingerprint density at radius 3 is 2.89 bits per heavy atom. The molecule has 2 rings (SSSR count). The molecule has 0 spiro atoms. The van der Waals surface area contributed by atoms with Crippen LogP contribution in [0.25, 0.3) is 0 Å². The summed E-state index contributed by atoms with van der Waals surface area (Å²) >= 11 is 12.0. The SMILES string of the molecule is O[C@H]1CCCN(C[C@H](O)c2cc(Cl)ccc2Cl)C1. The molecule has 0 amide bonds. The van der Waals surface area contributed by atoms with Gasteiger partial charge in [0, 0.05) is 28.7 Å². The van der Waals surface area contributed by atoms with Gasteiger partial charge in [-0.25, -0.2) is 0 Å². The summed E-state index contributed by atoms with van der Waals surface area (Å²) in [7, 11) is 0. The molecule has 0 bridgehead atoms. The maximum Gasteiger partial charge on any atom is 0.0931 e. The third-order valence-corrected chi connectivity index (χ3v) is 3.81. The molecule has 1 aromatic carbocycles. The maximum absolute atomic E-state index is 10.2. The molecule has 1 aromatic rings. The van der Waals surface area contributed by atoms with Crippen LogP contribution >= 0.6 is 23.2 Å². The summed E-state index contributed by atoms with van der Waals surface area (Å²) in [5, 5.41) is 20.9. The number of aliphatic hydroxyl groups is 2. The van der Waals surface area contributed by atoms with Crippen molar-refractivity contribution in [3.63, 3.8) is 0 Å². The van der Waals surface area contributed by atoms with Gasteiger partial charge in [0.05, 0.1) is 12.2 Å². The second-order valence-electron chi connectivity index (χ2n) is 4.74. The molecule has 1 aliphatic rings. The Morgan fingerprint density at radius 1 is 1.39 bits per heavy atom. The number of likely N-dealkylation sites (tertiary alicyclic amines) is 1. The largest absolute Gasteiger partial charge is 0.392 e. The van der Waals surface area contributed by atoms with Crippen molar-refractivity contribution in [1.82, 2.24) is 4.90 Å². The van der Waals surface area contributed by atoms with Crippen LogP contribution in [0.2, 0.25) is 10.0 Å². The molecule has 1 fully saturated rings. The van der Waals surface area contributed by atoms with E-state index < -0.39 is 6.10 Å². The van der Waals surface area contributed by atoms with Gasteiger partial charge in [-0.2, -0.15) is 0 Å². The van der Waals surface area contributed by atoms with E-state index in [4.69, 9.17) is 23.2 Å². The lowest BCUT2D eigenvalue weighted by molar-refractivity contribution is 0.0392. The monoisotopic (exact) mass is 289 g/mol. The van der Waals surface area contributed by atoms with Crippen LogP contribution in [0.1, 0.15) is 24.5 Å². The van der Waals surface area contributed by atoms with Crippen LogP contribution in [-0.4, -0.2) is 40.9 Å². The molecule has 0 aliphatic carbocycles. The van der Waals surface area contributed by atoms with Gasteiger partial charge in [-0.1, -0.05) is 23.2 Å². The lowest BCUT2D eigenvalue weighted by Crippen LogP contribution is -2.40. The summed E-state index contributed by atoms with van der Waals surface area (Å²) in [5.74, 6) is 0. The van der Waals surface area contributed by atoms with Gasteiger partial charge in [0.15, 0.2) is 0 Å². The fourth-order valence-corrected chi connectivity index (χ4v) is 2.73. The van der Waals surface area contributed by atoms with E-state index in [0.717, 1.165) is 19.4 Å². The van der Waals surface area contributed by atoms with Gasteiger partial charge in [0.1, 0.15) is 0 Å². The van der Waals surface area contributed by atoms with Crippen LogP contribution in [0.5, 0.6) is 0 Å². The quantitative estimate of drug-likeness (QED) is 0.899. The Balaban J connectivity index is 2.02. The van der Waals surface area contributed by atoms with E-state index in [1.54, 1.807) is 18.2 Å². The number of hydrogen-bond acceptors (Lipinski definition) is 3. The summed E-state index contributed by atoms with van der Waals surface area (Å²) in [6.45, 7) is 1.97. The minimum atomic E-state index is -0.679. The first-order chi connectivity index (χ1) is 8.56. The molecule has 0 aromatic heterocycles. The second-order valence-corrected chi connectivity index (χ2v) is 5.58. The highest BCUT2D eigenvalue weighted by atomic mass is 35.5. The van der Waals surface area contributed by atoms with Crippen LogP contribution in [-0.2, 0) is 0 Å². The molecule has 3 nitrogen and oxygen atoms in total. The minimum Gasteiger partial charge on any atom is -0.392 e. The van der Waals surface area contributed by atoms with Gasteiger partial charge in [-0.15, -0.1) is 0 Å². The second kappa shape index (κ2) is 6.22. The zero-order valence-corrected chi connectivity index (χ0v) is 11.5. The van der Waals surface area contributed by atoms with Crippen LogP contribution in [0.15, 0.2) is 18.2 Å². The van der Waals surface area contributed by atoms with E-state index in [1.165, 1.54) is 0 Å². The molecule has 0 saturated carbocycles. The zero-order valence-electron chi connectivity index (χ0n) is 10.0. The van der Waals surface area contributed by atoms with Crippen LogP contribution in [0, 0.1) is 0 Å². The highest BCUT2D eigenvalue weighted by Gasteiger charge is 2.21. The Bertz CT molecular complexity index is 414. The van der Waals surface area contributed by atoms with E-state index in [9.17, 15) is 10.2 Å². The van der Waals surface area contributed by atoms with Crippen molar-refractivity contribution in [1.29, 1.82) is 0 Å². The number of benzene rings is 1. The number of nitrogens with zero attached hydrogens (tertiary/aromatic N) is 1. The molecule has 1 aliphatic heterocycles. The molecular formula is C13H17Cl2NO2. The Labute approximate surface area is 117 Å². The number of piperidine rings is 1. The fraction of sp³-hybridized carbons (Fsp3) is 0.538. The van der Waals surface area contributed by atoms with Crippen molar-refractivity contribution in [2.24, 2.45) is 0 Å². The van der Waals surface area contributed by atoms with Gasteiger partial charge >= 0.3 is 0 Å². The summed E-state index contributed by atoms with van der Waals surface area (Å²) in [5.41, 5.74) is 0.643. The number of halogens is 2. The molecule has 2 N–H and O–H groups in total. The first-order valence-electron chi connectivity index (χ1n) is 6.09. The van der Waals surface area contributed by atoms with Gasteiger partial charge in [-0.3, -0.25) is 4.90 Å². The Hall–Kier alpha value is -0.320. The third-order valence-electron chi connectivity index (χ3n) is 3.23. The molecule has 1 heterocycles. The van der Waals surface area contributed by atoms with E-state index in [-0.39, 0.29) is 6.10 Å². The first-order valence-corrected chi connectivity index (χ1v) is 6.85. The summed E-state index contributed by atoms with van der Waals surface area (Å²) in [6.07, 6.45) is 0.823. The van der Waals surface area contributed by atoms with Gasteiger partial charge in [0.25, 0.3) is 0 Å². The predicted molar refractivity (Wildman–Crippen MR) is 73.1 cm³/mol. The summed E-state index contributed by atoms with van der Waals surface area (Å²) in [4.78, 5) is 2.05. The van der Waals surface area contributed by atoms with Crippen molar-refractivity contribution in [2.45, 2.75) is 25.0 Å². The predicted octanol–water partition coefficient (Wildman–Crippen LogP) is 2.48. The lowest BCUT2D eigenvalue weighted by Gasteiger charge is -2.31. The number of rotatable bonds is 3. The third kappa shape index (κ3) is 3.59. The van der Waals surface area contributed by atoms with E-state index in [0.29, 0.717) is 28.7 Å². The van der Waals surface area contributed by atoms with Gasteiger partial charge < -0.3 is 10.2 Å². The molecule has 2 atom stereocenters. The molecule has 100 valence electrons. The number of aliphatic hydroxyl groups excluding tert-OH is 2. The standard InChI is InChI=1S/C13H17Cl2NO2/c14-9-3-4-12(15)11(6-9)13(18)8-16-5-1-2-10(17)7-16/h3-4,6,10,13,17-18H,1-2,5,7-8H2/t10-,13-/m0/s1. The van der Waals surface area contributed by atoms with Crippen LogP contribution in [0.3, 0.4) is 0 Å². The van der Waals surface area contributed by atoms with Crippen molar-refractivity contribution >= 4 is 23.2 Å². The molecular weight excluding hydrogens is 273 g/mol. The summed E-state index contributed by atoms with van der Waals surface area (Å²) in [6, 6.07) is 5.08. The average molecular weight is 290 g/mol. The van der Waals surface area contributed by atoms with Crippen LogP contribution < -0.4 is 0 Å². The smallest absolute Gasteiger partial charge is 0.0931 e.